The van der Waals surface area contributed by atoms with Gasteiger partial charge in [-0.1, -0.05) is 18.2 Å². The smallest absolute Gasteiger partial charge is 0.264 e. The molecule has 4 aromatic rings. The lowest BCUT2D eigenvalue weighted by Gasteiger charge is -2.46. The van der Waals surface area contributed by atoms with Gasteiger partial charge < -0.3 is 20.1 Å². The summed E-state index contributed by atoms with van der Waals surface area (Å²) >= 11 is 0. The van der Waals surface area contributed by atoms with Crippen LogP contribution in [0.5, 0.6) is 11.5 Å². The fourth-order valence-corrected chi connectivity index (χ4v) is 7.09. The summed E-state index contributed by atoms with van der Waals surface area (Å²) in [5, 5.41) is 16.0. The van der Waals surface area contributed by atoms with Gasteiger partial charge in [0.2, 0.25) is 0 Å². The molecule has 0 radical (unpaired) electrons. The number of para-hydroxylation sites is 1. The average molecular weight is 647 g/mol. The summed E-state index contributed by atoms with van der Waals surface area (Å²) < 4.78 is 13.4. The van der Waals surface area contributed by atoms with E-state index in [2.05, 4.69) is 34.7 Å². The van der Waals surface area contributed by atoms with Gasteiger partial charge in [-0.15, -0.1) is 0 Å². The molecular weight excluding hydrogens is 604 g/mol. The Balaban J connectivity index is 1.09. The zero-order valence-corrected chi connectivity index (χ0v) is 27.6. The number of anilines is 1. The standard InChI is InChI=1S/C37H42N8O3/c1-37(2,44-19-17-42(18-20-44)29-24-47-25-29)21-27(22-38)36(46)43-16-6-7-28(23-43)45-32-14-15-40-35(39)33(32)34(41-45)26-10-12-31(13-11-26)48-30-8-4-3-5-9-30/h3-5,8-15,21,28-29H,6-7,16-20,23-25H2,1-2H3,(H2,39,40)/b27-21-/t28-/m1/s1. The normalized spacial score (nSPS) is 20.0. The maximum Gasteiger partial charge on any atom is 0.264 e. The van der Waals surface area contributed by atoms with Crippen LogP contribution in [0.2, 0.25) is 0 Å². The molecule has 11 heteroatoms. The van der Waals surface area contributed by atoms with Gasteiger partial charge in [0.1, 0.15) is 34.7 Å². The van der Waals surface area contributed by atoms with Gasteiger partial charge in [-0.25, -0.2) is 4.98 Å². The summed E-state index contributed by atoms with van der Waals surface area (Å²) in [6.45, 7) is 10.5. The van der Waals surface area contributed by atoms with Crippen LogP contribution in [-0.2, 0) is 9.53 Å². The van der Waals surface area contributed by atoms with Crippen molar-refractivity contribution in [1.29, 1.82) is 5.26 Å². The number of pyridine rings is 1. The summed E-state index contributed by atoms with van der Waals surface area (Å²) in [4.78, 5) is 24.9. The van der Waals surface area contributed by atoms with E-state index in [1.54, 1.807) is 11.1 Å². The van der Waals surface area contributed by atoms with Crippen LogP contribution in [0.1, 0.15) is 32.7 Å². The number of nitriles is 1. The second-order valence-electron chi connectivity index (χ2n) is 13.4. The Morgan fingerprint density at radius 2 is 1.73 bits per heavy atom. The highest BCUT2D eigenvalue weighted by molar-refractivity contribution is 6.00. The van der Waals surface area contributed by atoms with Crippen LogP contribution < -0.4 is 10.5 Å². The number of nitrogen functional groups attached to an aromatic ring is 1. The van der Waals surface area contributed by atoms with Crippen molar-refractivity contribution in [2.24, 2.45) is 0 Å². The molecule has 0 unspecified atom stereocenters. The van der Waals surface area contributed by atoms with E-state index in [9.17, 15) is 10.1 Å². The van der Waals surface area contributed by atoms with E-state index in [1.165, 1.54) is 0 Å². The van der Waals surface area contributed by atoms with Crippen molar-refractivity contribution in [3.8, 4) is 28.8 Å². The minimum atomic E-state index is -0.433. The Morgan fingerprint density at radius 3 is 2.42 bits per heavy atom. The number of rotatable bonds is 8. The van der Waals surface area contributed by atoms with Gasteiger partial charge in [-0.2, -0.15) is 10.4 Å². The van der Waals surface area contributed by atoms with Crippen LogP contribution in [0.15, 0.2) is 78.5 Å². The van der Waals surface area contributed by atoms with Crippen molar-refractivity contribution < 1.29 is 14.3 Å². The van der Waals surface area contributed by atoms with Crippen molar-refractivity contribution in [3.63, 3.8) is 0 Å². The number of piperazine rings is 1. The van der Waals surface area contributed by atoms with Gasteiger partial charge in [0.15, 0.2) is 0 Å². The van der Waals surface area contributed by atoms with E-state index >= 15 is 0 Å². The van der Waals surface area contributed by atoms with Crippen LogP contribution in [-0.4, -0.2) is 99.4 Å². The molecule has 7 rings (SSSR count). The van der Waals surface area contributed by atoms with E-state index in [-0.39, 0.29) is 17.5 Å². The van der Waals surface area contributed by atoms with Gasteiger partial charge in [0.25, 0.3) is 5.91 Å². The van der Waals surface area contributed by atoms with Gasteiger partial charge in [-0.3, -0.25) is 19.3 Å². The van der Waals surface area contributed by atoms with Crippen molar-refractivity contribution in [3.05, 3.63) is 78.5 Å². The number of nitrogens with two attached hydrogens (primary N) is 1. The van der Waals surface area contributed by atoms with Crippen molar-refractivity contribution >= 4 is 22.6 Å². The second kappa shape index (κ2) is 13.4. The van der Waals surface area contributed by atoms with Crippen LogP contribution in [0, 0.1) is 11.3 Å². The number of carbonyl (C=O) groups excluding carboxylic acids is 1. The Bertz CT molecular complexity index is 1830. The third-order valence-corrected chi connectivity index (χ3v) is 9.90. The molecule has 0 saturated carbocycles. The molecule has 0 bridgehead atoms. The summed E-state index contributed by atoms with van der Waals surface area (Å²) in [6, 6.07) is 22.0. The van der Waals surface area contributed by atoms with Gasteiger partial charge in [0.05, 0.1) is 36.2 Å². The van der Waals surface area contributed by atoms with Gasteiger partial charge >= 0.3 is 0 Å². The molecule has 248 valence electrons. The number of likely N-dealkylation sites (tertiary alicyclic amines) is 1. The first kappa shape index (κ1) is 31.8. The van der Waals surface area contributed by atoms with Crippen LogP contribution in [0.25, 0.3) is 22.2 Å². The Morgan fingerprint density at radius 1 is 1.00 bits per heavy atom. The number of hydrogen-bond donors (Lipinski definition) is 1. The average Bonchev–Trinajstić information content (AvgIpc) is 3.48. The molecule has 48 heavy (non-hydrogen) atoms. The number of ether oxygens (including phenoxy) is 2. The zero-order chi connectivity index (χ0) is 33.3. The number of nitrogens with zero attached hydrogens (tertiary/aromatic N) is 7. The molecule has 1 amide bonds. The molecule has 3 aliphatic heterocycles. The number of benzene rings is 2. The molecule has 3 aliphatic rings. The Kier molecular flexibility index (Phi) is 8.88. The first-order valence-electron chi connectivity index (χ1n) is 16.8. The zero-order valence-electron chi connectivity index (χ0n) is 27.6. The summed E-state index contributed by atoms with van der Waals surface area (Å²) in [5.74, 6) is 1.66. The lowest BCUT2D eigenvalue weighted by molar-refractivity contribution is -0.128. The topological polar surface area (TPSA) is 126 Å². The lowest BCUT2D eigenvalue weighted by Crippen LogP contribution is -2.59. The summed E-state index contributed by atoms with van der Waals surface area (Å²) in [5.41, 5.74) is 8.69. The predicted molar refractivity (Wildman–Crippen MR) is 184 cm³/mol. The molecule has 0 aliphatic carbocycles. The minimum absolute atomic E-state index is 0.0852. The SMILES string of the molecule is CC(C)(/C=C(/C#N)C(=O)N1CCC[C@@H](n2nc(-c3ccc(Oc4ccccc4)cc3)c3c(N)nccc32)C1)N1CCN(C2COC2)CC1. The maximum absolute atomic E-state index is 13.9. The largest absolute Gasteiger partial charge is 0.457 e. The van der Waals surface area contributed by atoms with Crippen molar-refractivity contribution in [2.75, 3.05) is 58.2 Å². The first-order valence-corrected chi connectivity index (χ1v) is 16.8. The monoisotopic (exact) mass is 646 g/mol. The maximum atomic E-state index is 13.9. The molecule has 3 saturated heterocycles. The summed E-state index contributed by atoms with van der Waals surface area (Å²) in [7, 11) is 0. The number of amides is 1. The predicted octanol–water partition coefficient (Wildman–Crippen LogP) is 4.88. The Labute approximate surface area is 281 Å². The highest BCUT2D eigenvalue weighted by Gasteiger charge is 2.35. The van der Waals surface area contributed by atoms with E-state index in [0.29, 0.717) is 24.9 Å². The fourth-order valence-electron chi connectivity index (χ4n) is 7.09. The number of piperidine rings is 1. The van der Waals surface area contributed by atoms with E-state index < -0.39 is 5.54 Å². The minimum Gasteiger partial charge on any atom is -0.457 e. The Hall–Kier alpha value is -4.76. The molecule has 3 fully saturated rings. The van der Waals surface area contributed by atoms with E-state index in [4.69, 9.17) is 20.3 Å². The quantitative estimate of drug-likeness (QED) is 0.211. The highest BCUT2D eigenvalue weighted by atomic mass is 16.5. The van der Waals surface area contributed by atoms with E-state index in [0.717, 1.165) is 85.9 Å². The van der Waals surface area contributed by atoms with Crippen molar-refractivity contribution in [2.45, 2.75) is 44.3 Å². The second-order valence-corrected chi connectivity index (χ2v) is 13.4. The van der Waals surface area contributed by atoms with Crippen molar-refractivity contribution in [1.82, 2.24) is 29.5 Å². The van der Waals surface area contributed by atoms with Gasteiger partial charge in [-0.05, 0) is 75.2 Å². The molecule has 5 heterocycles. The van der Waals surface area contributed by atoms with Gasteiger partial charge in [0, 0.05) is 56.6 Å². The third-order valence-electron chi connectivity index (χ3n) is 9.90. The number of hydrogen-bond acceptors (Lipinski definition) is 9. The molecule has 0 spiro atoms. The molecule has 2 N–H and O–H groups in total. The molecule has 2 aromatic heterocycles. The summed E-state index contributed by atoms with van der Waals surface area (Å²) in [6.07, 6.45) is 5.20. The third kappa shape index (κ3) is 6.39. The molecular formula is C37H42N8O3. The number of carbonyl (C=O) groups is 1. The van der Waals surface area contributed by atoms with Crippen LogP contribution in [0.3, 0.4) is 0 Å². The van der Waals surface area contributed by atoms with E-state index in [1.807, 2.05) is 71.4 Å². The first-order chi connectivity index (χ1) is 23.3. The lowest BCUT2D eigenvalue weighted by atomic mass is 9.96. The molecule has 1 atom stereocenters. The number of fused-ring (bicyclic) bond motifs is 1. The van der Waals surface area contributed by atoms with Crippen LogP contribution in [0.4, 0.5) is 5.82 Å². The van der Waals surface area contributed by atoms with Crippen LogP contribution >= 0.6 is 0 Å². The molecule has 11 nitrogen and oxygen atoms in total. The molecule has 2 aromatic carbocycles. The highest BCUT2D eigenvalue weighted by Crippen LogP contribution is 2.36. The fraction of sp³-hybridized carbons (Fsp3) is 0.405. The number of aromatic nitrogens is 3.